The maximum absolute atomic E-state index is 12.1. The number of anilines is 1. The van der Waals surface area contributed by atoms with Crippen LogP contribution in [0, 0.1) is 5.21 Å². The van der Waals surface area contributed by atoms with Crippen molar-refractivity contribution in [1.29, 1.82) is 0 Å². The van der Waals surface area contributed by atoms with E-state index in [9.17, 15) is 5.21 Å². The van der Waals surface area contributed by atoms with Gasteiger partial charge in [0.2, 0.25) is 5.69 Å². The molecule has 3 aromatic rings. The van der Waals surface area contributed by atoms with Gasteiger partial charge in [-0.15, -0.1) is 0 Å². The van der Waals surface area contributed by atoms with E-state index in [0.717, 1.165) is 26.8 Å². The summed E-state index contributed by atoms with van der Waals surface area (Å²) >= 11 is 0. The van der Waals surface area contributed by atoms with Crippen molar-refractivity contribution >= 4 is 28.6 Å². The van der Waals surface area contributed by atoms with Gasteiger partial charge in [-0.1, -0.05) is 30.3 Å². The van der Waals surface area contributed by atoms with Crippen LogP contribution in [0.25, 0.3) is 22.9 Å². The van der Waals surface area contributed by atoms with E-state index in [-0.39, 0.29) is 0 Å². The van der Waals surface area contributed by atoms with E-state index in [1.54, 1.807) is 6.20 Å². The highest BCUT2D eigenvalue weighted by atomic mass is 16.5. The van der Waals surface area contributed by atoms with Crippen LogP contribution in [0.15, 0.2) is 60.8 Å². The molecule has 0 N–H and O–H groups in total. The fourth-order valence-electron chi connectivity index (χ4n) is 2.44. The van der Waals surface area contributed by atoms with E-state index in [0.29, 0.717) is 5.69 Å². The van der Waals surface area contributed by atoms with Gasteiger partial charge in [0.1, 0.15) is 0 Å². The van der Waals surface area contributed by atoms with E-state index >= 15 is 0 Å². The summed E-state index contributed by atoms with van der Waals surface area (Å²) in [5.74, 6) is 0. The van der Waals surface area contributed by atoms with Gasteiger partial charge in [-0.25, -0.2) is 0 Å². The van der Waals surface area contributed by atoms with Gasteiger partial charge < -0.3 is 10.1 Å². The minimum absolute atomic E-state index is 0.662. The predicted molar refractivity (Wildman–Crippen MR) is 92.6 cm³/mol. The molecule has 0 saturated heterocycles. The lowest BCUT2D eigenvalue weighted by atomic mass is 10.1. The van der Waals surface area contributed by atoms with Crippen molar-refractivity contribution in [2.45, 2.75) is 0 Å². The summed E-state index contributed by atoms with van der Waals surface area (Å²) in [4.78, 5) is 2.06. The molecule has 2 aromatic carbocycles. The maximum Gasteiger partial charge on any atom is 0.224 e. The van der Waals surface area contributed by atoms with Crippen LogP contribution in [0.3, 0.4) is 0 Å². The lowest BCUT2D eigenvalue weighted by molar-refractivity contribution is -0.605. The van der Waals surface area contributed by atoms with Gasteiger partial charge in [0.05, 0.1) is 5.39 Å². The number of rotatable bonds is 3. The Labute approximate surface area is 130 Å². The molecule has 0 saturated carbocycles. The van der Waals surface area contributed by atoms with Crippen molar-refractivity contribution in [3.8, 4) is 0 Å². The molecule has 110 valence electrons. The van der Waals surface area contributed by atoms with Gasteiger partial charge in [0, 0.05) is 31.9 Å². The van der Waals surface area contributed by atoms with Crippen LogP contribution in [0.1, 0.15) is 11.3 Å². The van der Waals surface area contributed by atoms with Crippen molar-refractivity contribution in [2.24, 2.45) is 0 Å². The second-order valence-corrected chi connectivity index (χ2v) is 5.43. The summed E-state index contributed by atoms with van der Waals surface area (Å²) in [6.07, 6.45) is 5.40. The van der Waals surface area contributed by atoms with Crippen LogP contribution in [0.2, 0.25) is 0 Å². The maximum atomic E-state index is 12.1. The fourth-order valence-corrected chi connectivity index (χ4v) is 2.44. The first kappa shape index (κ1) is 14.1. The zero-order valence-corrected chi connectivity index (χ0v) is 12.7. The SMILES string of the molecule is CN(C)c1ccc(/C=C\c2c3ccccc3cc[n+]2[O-])cc1. The number of pyridine rings is 1. The number of aromatic nitrogens is 1. The predicted octanol–water partition coefficient (Wildman–Crippen LogP) is 3.71. The van der Waals surface area contributed by atoms with E-state index in [1.807, 2.05) is 68.7 Å². The molecule has 3 heteroatoms. The monoisotopic (exact) mass is 290 g/mol. The second-order valence-electron chi connectivity index (χ2n) is 5.43. The Morgan fingerprint density at radius 3 is 2.36 bits per heavy atom. The Hall–Kier alpha value is -2.81. The Kier molecular flexibility index (Phi) is 3.79. The molecule has 1 heterocycles. The number of hydrogen-bond acceptors (Lipinski definition) is 2. The van der Waals surface area contributed by atoms with E-state index in [2.05, 4.69) is 17.0 Å². The van der Waals surface area contributed by atoms with Crippen molar-refractivity contribution < 1.29 is 4.73 Å². The van der Waals surface area contributed by atoms with Gasteiger partial charge in [0.25, 0.3) is 0 Å². The molecule has 0 amide bonds. The highest BCUT2D eigenvalue weighted by Gasteiger charge is 2.07. The van der Waals surface area contributed by atoms with Gasteiger partial charge >= 0.3 is 0 Å². The minimum Gasteiger partial charge on any atom is -0.618 e. The summed E-state index contributed by atoms with van der Waals surface area (Å²) in [7, 11) is 4.03. The summed E-state index contributed by atoms with van der Waals surface area (Å²) in [5, 5.41) is 14.1. The third-order valence-electron chi connectivity index (χ3n) is 3.71. The molecule has 1 aromatic heterocycles. The third-order valence-corrected chi connectivity index (χ3v) is 3.71. The molecule has 0 spiro atoms. The van der Waals surface area contributed by atoms with E-state index < -0.39 is 0 Å². The fraction of sp³-hybridized carbons (Fsp3) is 0.105. The van der Waals surface area contributed by atoms with Crippen LogP contribution in [-0.2, 0) is 0 Å². The van der Waals surface area contributed by atoms with Crippen LogP contribution in [0.5, 0.6) is 0 Å². The number of nitrogens with zero attached hydrogens (tertiary/aromatic N) is 2. The Morgan fingerprint density at radius 2 is 1.64 bits per heavy atom. The number of hydrogen-bond donors (Lipinski definition) is 0. The molecule has 22 heavy (non-hydrogen) atoms. The van der Waals surface area contributed by atoms with Gasteiger partial charge in [-0.05, 0) is 35.2 Å². The normalized spacial score (nSPS) is 11.2. The van der Waals surface area contributed by atoms with Gasteiger partial charge in [0.15, 0.2) is 6.20 Å². The molecule has 0 fully saturated rings. The zero-order chi connectivity index (χ0) is 15.5. The first-order valence-electron chi connectivity index (χ1n) is 7.21. The summed E-state index contributed by atoms with van der Waals surface area (Å²) < 4.78 is 0.910. The third kappa shape index (κ3) is 2.79. The van der Waals surface area contributed by atoms with Crippen LogP contribution in [-0.4, -0.2) is 14.1 Å². The Morgan fingerprint density at radius 1 is 0.909 bits per heavy atom. The topological polar surface area (TPSA) is 30.2 Å². The quantitative estimate of drug-likeness (QED) is 0.544. The van der Waals surface area contributed by atoms with Gasteiger partial charge in [-0.2, -0.15) is 4.73 Å². The molecular weight excluding hydrogens is 272 g/mol. The first-order valence-corrected chi connectivity index (χ1v) is 7.21. The second kappa shape index (κ2) is 5.90. The van der Waals surface area contributed by atoms with Crippen LogP contribution in [0.4, 0.5) is 5.69 Å². The van der Waals surface area contributed by atoms with Crippen molar-refractivity contribution in [3.05, 3.63) is 77.3 Å². The summed E-state index contributed by atoms with van der Waals surface area (Å²) in [6, 6.07) is 18.0. The number of fused-ring (bicyclic) bond motifs is 1. The molecule has 0 aliphatic heterocycles. The highest BCUT2D eigenvalue weighted by molar-refractivity contribution is 5.89. The standard InChI is InChI=1S/C19H18N2O/c1-20(2)17-10-7-15(8-11-17)9-12-19-18-6-4-3-5-16(18)13-14-21(19)22/h3-14H,1-2H3/b12-9-. The zero-order valence-electron chi connectivity index (χ0n) is 12.7. The molecule has 0 aliphatic rings. The van der Waals surface area contributed by atoms with Crippen molar-refractivity contribution in [1.82, 2.24) is 0 Å². The average molecular weight is 290 g/mol. The first-order chi connectivity index (χ1) is 10.6. The van der Waals surface area contributed by atoms with Crippen molar-refractivity contribution in [2.75, 3.05) is 19.0 Å². The Bertz CT molecular complexity index is 820. The smallest absolute Gasteiger partial charge is 0.224 e. The molecule has 3 nitrogen and oxygen atoms in total. The summed E-state index contributed by atoms with van der Waals surface area (Å²) in [6.45, 7) is 0. The minimum atomic E-state index is 0.662. The largest absolute Gasteiger partial charge is 0.618 e. The molecule has 0 bridgehead atoms. The Balaban J connectivity index is 1.97. The number of benzene rings is 2. The van der Waals surface area contributed by atoms with E-state index in [1.165, 1.54) is 0 Å². The van der Waals surface area contributed by atoms with Gasteiger partial charge in [-0.3, -0.25) is 0 Å². The lowest BCUT2D eigenvalue weighted by Crippen LogP contribution is -2.29. The van der Waals surface area contributed by atoms with Crippen LogP contribution >= 0.6 is 0 Å². The molecule has 0 atom stereocenters. The van der Waals surface area contributed by atoms with Crippen LogP contribution < -0.4 is 9.63 Å². The molecule has 0 radical (unpaired) electrons. The molecule has 0 unspecified atom stereocenters. The van der Waals surface area contributed by atoms with E-state index in [4.69, 9.17) is 0 Å². The average Bonchev–Trinajstić information content (AvgIpc) is 2.54. The molecule has 0 aliphatic carbocycles. The molecule has 3 rings (SSSR count). The lowest BCUT2D eigenvalue weighted by Gasteiger charge is -2.11. The molecular formula is C19H18N2O. The van der Waals surface area contributed by atoms with Crippen molar-refractivity contribution in [3.63, 3.8) is 0 Å². The highest BCUT2D eigenvalue weighted by Crippen LogP contribution is 2.18. The summed E-state index contributed by atoms with van der Waals surface area (Å²) in [5.41, 5.74) is 2.88.